The second kappa shape index (κ2) is 12.5. The van der Waals surface area contributed by atoms with Crippen molar-refractivity contribution < 1.29 is 48.7 Å². The SMILES string of the molecule is CCC(=O)O[C@H]1C(=O)[C@@]2(C)[C@H]([C@H](C)[C@]3(O)C[C@H](OC(=O)[C@H](O)[C@@H](NBC=O)c4ccccc4)C(C)=C1C3(C)C)[C@]1(C)CO[C@@H]1C[C@@H]2O. The van der Waals surface area contributed by atoms with Gasteiger partial charge in [0.05, 0.1) is 42.1 Å². The van der Waals surface area contributed by atoms with Gasteiger partial charge in [0.25, 0.3) is 7.41 Å². The zero-order chi connectivity index (χ0) is 34.7. The molecule has 2 bridgehead atoms. The molecule has 12 heteroatoms. The van der Waals surface area contributed by atoms with Crippen molar-refractivity contribution in [1.82, 2.24) is 5.23 Å². The molecule has 0 aromatic heterocycles. The van der Waals surface area contributed by atoms with Crippen LogP contribution in [-0.4, -0.2) is 89.4 Å². The number of fused-ring (bicyclic) bond motifs is 5. The third kappa shape index (κ3) is 5.31. The number of esters is 2. The van der Waals surface area contributed by atoms with Crippen molar-refractivity contribution in [2.75, 3.05) is 6.61 Å². The van der Waals surface area contributed by atoms with E-state index in [1.165, 1.54) is 0 Å². The summed E-state index contributed by atoms with van der Waals surface area (Å²) in [7, 11) is -0.121. The smallest absolute Gasteiger partial charge is 0.337 e. The van der Waals surface area contributed by atoms with E-state index in [0.717, 1.165) is 0 Å². The largest absolute Gasteiger partial charge is 0.456 e. The van der Waals surface area contributed by atoms with E-state index in [-0.39, 0.29) is 32.8 Å². The lowest BCUT2D eigenvalue weighted by Gasteiger charge is -2.68. The van der Waals surface area contributed by atoms with E-state index >= 15 is 0 Å². The highest BCUT2D eigenvalue weighted by Crippen LogP contribution is 2.67. The lowest BCUT2D eigenvalue weighted by atomic mass is 9.40. The predicted octanol–water partition coefficient (Wildman–Crippen LogP) is 1.94. The Kier molecular flexibility index (Phi) is 9.44. The molecule has 11 atom stereocenters. The second-order valence-electron chi connectivity index (χ2n) is 14.9. The molecule has 11 nitrogen and oxygen atoms in total. The van der Waals surface area contributed by atoms with Gasteiger partial charge in [0.2, 0.25) is 0 Å². The highest BCUT2D eigenvalue weighted by atomic mass is 16.6. The third-order valence-electron chi connectivity index (χ3n) is 12.2. The molecule has 256 valence electrons. The van der Waals surface area contributed by atoms with E-state index in [1.54, 1.807) is 51.1 Å². The first kappa shape index (κ1) is 35.4. The summed E-state index contributed by atoms with van der Waals surface area (Å²) in [5, 5.41) is 38.8. The molecule has 0 amide bonds. The molecule has 1 aromatic carbocycles. The minimum atomic E-state index is -1.72. The standard InChI is InChI=1S/C35H48BNO10/c1-8-24(40)47-28-25-18(2)21(46-31(43)27(41)26(37-36-17-38)20-12-10-9-11-13-20)15-35(44,32(25,4)5)19(3)29-33(6)16-45-23(33)14-22(39)34(29,7)30(28)42/h9-13,17,19,21-23,26-29,36-37,39,41,44H,8,14-16H2,1-7H3/t19-,21-,22-,23+,26-,27+,28+,29+,33+,34+,35+/m0/s1. The normalized spacial score (nSPS) is 38.7. The number of aliphatic hydroxyl groups is 3. The Morgan fingerprint density at radius 2 is 1.83 bits per heavy atom. The zero-order valence-corrected chi connectivity index (χ0v) is 28.3. The summed E-state index contributed by atoms with van der Waals surface area (Å²) < 4.78 is 17.8. The quantitative estimate of drug-likeness (QED) is 0.133. The number of rotatable bonds is 9. The van der Waals surface area contributed by atoms with Gasteiger partial charge < -0.3 is 39.6 Å². The lowest BCUT2D eigenvalue weighted by Crippen LogP contribution is -2.75. The molecule has 5 rings (SSSR count). The van der Waals surface area contributed by atoms with Crippen LogP contribution in [-0.2, 0) is 33.4 Å². The highest BCUT2D eigenvalue weighted by Gasteiger charge is 2.73. The maximum atomic E-state index is 14.9. The van der Waals surface area contributed by atoms with Gasteiger partial charge in [-0.05, 0) is 42.4 Å². The predicted molar refractivity (Wildman–Crippen MR) is 173 cm³/mol. The summed E-state index contributed by atoms with van der Waals surface area (Å²) in [5.41, 5.74) is -3.43. The summed E-state index contributed by atoms with van der Waals surface area (Å²) >= 11 is 0. The van der Waals surface area contributed by atoms with Gasteiger partial charge in [-0.3, -0.25) is 9.59 Å². The number of benzene rings is 1. The Bertz CT molecular complexity index is 1450. The lowest BCUT2D eigenvalue weighted by molar-refractivity contribution is -0.302. The minimum absolute atomic E-state index is 0.00714. The summed E-state index contributed by atoms with van der Waals surface area (Å²) in [6, 6.07) is 7.73. The number of hydrogen-bond donors (Lipinski definition) is 4. The van der Waals surface area contributed by atoms with Gasteiger partial charge in [-0.2, -0.15) is 0 Å². The number of carbonyl (C=O) groups excluding carboxylic acids is 4. The van der Waals surface area contributed by atoms with Gasteiger partial charge in [0.1, 0.15) is 6.10 Å². The van der Waals surface area contributed by atoms with Crippen LogP contribution in [0.1, 0.15) is 79.3 Å². The van der Waals surface area contributed by atoms with Crippen LogP contribution in [0.3, 0.4) is 0 Å². The summed E-state index contributed by atoms with van der Waals surface area (Å²) in [6.45, 7) is 12.8. The van der Waals surface area contributed by atoms with Crippen LogP contribution in [0.25, 0.3) is 0 Å². The van der Waals surface area contributed by atoms with Crippen molar-refractivity contribution >= 4 is 31.3 Å². The molecule has 2 saturated carbocycles. The first-order valence-corrected chi connectivity index (χ1v) is 16.6. The van der Waals surface area contributed by atoms with E-state index in [9.17, 15) is 34.5 Å². The van der Waals surface area contributed by atoms with Crippen molar-refractivity contribution in [2.24, 2.45) is 28.1 Å². The molecule has 0 unspecified atom stereocenters. The fourth-order valence-electron chi connectivity index (χ4n) is 9.46. The van der Waals surface area contributed by atoms with Crippen LogP contribution in [0, 0.1) is 28.1 Å². The van der Waals surface area contributed by atoms with E-state index in [1.807, 2.05) is 27.7 Å². The Morgan fingerprint density at radius 1 is 1.17 bits per heavy atom. The molecule has 0 spiro atoms. The number of ketones is 1. The number of hydrogen-bond acceptors (Lipinski definition) is 11. The van der Waals surface area contributed by atoms with Gasteiger partial charge >= 0.3 is 11.9 Å². The first-order chi connectivity index (χ1) is 22.0. The Morgan fingerprint density at radius 3 is 2.40 bits per heavy atom. The summed E-state index contributed by atoms with van der Waals surface area (Å²) in [6.07, 6.45) is -4.94. The van der Waals surface area contributed by atoms with Crippen LogP contribution >= 0.6 is 0 Å². The fourth-order valence-corrected chi connectivity index (χ4v) is 9.46. The van der Waals surface area contributed by atoms with E-state index in [4.69, 9.17) is 14.2 Å². The highest BCUT2D eigenvalue weighted by molar-refractivity contribution is 6.64. The van der Waals surface area contributed by atoms with Crippen LogP contribution in [0.2, 0.25) is 0 Å². The molecule has 1 heterocycles. The van der Waals surface area contributed by atoms with E-state index < -0.39 is 81.9 Å². The molecular weight excluding hydrogens is 605 g/mol. The molecule has 3 aliphatic carbocycles. The topological polar surface area (TPSA) is 169 Å². The van der Waals surface area contributed by atoms with Crippen LogP contribution < -0.4 is 5.23 Å². The monoisotopic (exact) mass is 653 g/mol. The minimum Gasteiger partial charge on any atom is -0.456 e. The van der Waals surface area contributed by atoms with Gasteiger partial charge in [0.15, 0.2) is 18.0 Å². The first-order valence-electron chi connectivity index (χ1n) is 16.6. The maximum Gasteiger partial charge on any atom is 0.337 e. The Hall–Kier alpha value is -2.90. The molecule has 47 heavy (non-hydrogen) atoms. The van der Waals surface area contributed by atoms with Gasteiger partial charge in [-0.1, -0.05) is 65.0 Å². The van der Waals surface area contributed by atoms with Crippen molar-refractivity contribution in [3.8, 4) is 0 Å². The maximum absolute atomic E-state index is 14.9. The van der Waals surface area contributed by atoms with Crippen molar-refractivity contribution in [1.29, 1.82) is 0 Å². The number of nitrogens with one attached hydrogen (secondary N) is 1. The Balaban J connectivity index is 1.63. The molecule has 0 radical (unpaired) electrons. The molecule has 3 fully saturated rings. The number of carbonyl (C=O) groups is 4. The second-order valence-corrected chi connectivity index (χ2v) is 14.9. The van der Waals surface area contributed by atoms with E-state index in [0.29, 0.717) is 29.5 Å². The van der Waals surface area contributed by atoms with Gasteiger partial charge in [-0.25, -0.2) is 4.79 Å². The van der Waals surface area contributed by atoms with Crippen LogP contribution in [0.15, 0.2) is 41.5 Å². The molecule has 4 N–H and O–H groups in total. The molecule has 1 saturated heterocycles. The molecular formula is C35H48BNO10. The van der Waals surface area contributed by atoms with Gasteiger partial charge in [-0.15, -0.1) is 0 Å². The average molecular weight is 654 g/mol. The average Bonchev–Trinajstić information content (AvgIpc) is 3.03. The number of aliphatic hydroxyl groups excluding tert-OH is 2. The zero-order valence-electron chi connectivity index (χ0n) is 28.3. The van der Waals surface area contributed by atoms with Crippen molar-refractivity contribution in [3.63, 3.8) is 0 Å². The molecule has 1 aromatic rings. The number of Topliss-reactive ketones (excluding diaryl/α,β-unsaturated/α-hetero) is 1. The van der Waals surface area contributed by atoms with Crippen molar-refractivity contribution in [3.05, 3.63) is 47.0 Å². The van der Waals surface area contributed by atoms with Crippen molar-refractivity contribution in [2.45, 2.75) is 110 Å². The van der Waals surface area contributed by atoms with Gasteiger partial charge in [0, 0.05) is 30.1 Å². The summed E-state index contributed by atoms with van der Waals surface area (Å²) in [5.74, 6) is -3.29. The van der Waals surface area contributed by atoms with E-state index in [2.05, 4.69) is 5.23 Å². The van der Waals surface area contributed by atoms with Crippen LogP contribution in [0.5, 0.6) is 0 Å². The molecule has 1 aliphatic heterocycles. The number of ether oxygens (including phenoxy) is 3. The summed E-state index contributed by atoms with van der Waals surface area (Å²) in [4.78, 5) is 52.7. The van der Waals surface area contributed by atoms with Crippen LogP contribution in [0.4, 0.5) is 0 Å². The Labute approximate surface area is 276 Å². The third-order valence-corrected chi connectivity index (χ3v) is 12.2. The fraction of sp³-hybridized carbons (Fsp3) is 0.657. The molecule has 4 aliphatic rings.